The summed E-state index contributed by atoms with van der Waals surface area (Å²) in [5, 5.41) is 12.2. The molecule has 0 atom stereocenters. The Morgan fingerprint density at radius 1 is 1.27 bits per heavy atom. The second-order valence-corrected chi connectivity index (χ2v) is 7.36. The van der Waals surface area contributed by atoms with Gasteiger partial charge in [0.15, 0.2) is 11.6 Å². The van der Waals surface area contributed by atoms with Gasteiger partial charge in [-0.15, -0.1) is 0 Å². The zero-order chi connectivity index (χ0) is 22.1. The molecule has 3 aromatic heterocycles. The fraction of sp³-hybridized carbons (Fsp3) is 0.278. The fourth-order valence-corrected chi connectivity index (χ4v) is 3.05. The number of anilines is 3. The van der Waals surface area contributed by atoms with E-state index in [-0.39, 0.29) is 22.6 Å². The number of carboxylic acid groups (broad SMARTS) is 1. The molecule has 0 aliphatic rings. The van der Waals surface area contributed by atoms with Crippen LogP contribution < -0.4 is 10.2 Å². The lowest BCUT2D eigenvalue weighted by Crippen LogP contribution is -2.25. The lowest BCUT2D eigenvalue weighted by molar-refractivity contribution is -0.137. The molecule has 30 heavy (non-hydrogen) atoms. The number of aromatic nitrogens is 4. The van der Waals surface area contributed by atoms with Crippen LogP contribution in [0.1, 0.15) is 30.9 Å². The van der Waals surface area contributed by atoms with Crippen molar-refractivity contribution in [3.63, 3.8) is 0 Å². The van der Waals surface area contributed by atoms with Gasteiger partial charge in [-0.25, -0.2) is 9.78 Å². The normalized spacial score (nSPS) is 11.6. The van der Waals surface area contributed by atoms with Crippen LogP contribution in [-0.2, 0) is 6.18 Å². The molecule has 0 fully saturated rings. The first-order chi connectivity index (χ1) is 14.1. The summed E-state index contributed by atoms with van der Waals surface area (Å²) in [5.41, 5.74) is 0.269. The minimum absolute atomic E-state index is 0.0977. The topological polar surface area (TPSA) is 104 Å². The summed E-state index contributed by atoms with van der Waals surface area (Å²) < 4.78 is 43.3. The van der Waals surface area contributed by atoms with Crippen molar-refractivity contribution in [1.29, 1.82) is 0 Å². The van der Waals surface area contributed by atoms with E-state index in [0.717, 1.165) is 24.1 Å². The Hall–Kier alpha value is -3.28. The summed E-state index contributed by atoms with van der Waals surface area (Å²) >= 11 is 0.952. The van der Waals surface area contributed by atoms with Crippen molar-refractivity contribution >= 4 is 34.3 Å². The molecule has 0 saturated heterocycles. The summed E-state index contributed by atoms with van der Waals surface area (Å²) in [6.07, 6.45) is -3.83. The second kappa shape index (κ2) is 8.22. The van der Waals surface area contributed by atoms with Gasteiger partial charge >= 0.3 is 12.3 Å². The van der Waals surface area contributed by atoms with Crippen molar-refractivity contribution < 1.29 is 23.1 Å². The molecule has 0 bridgehead atoms. The molecule has 158 valence electrons. The van der Waals surface area contributed by atoms with Crippen molar-refractivity contribution in [2.45, 2.75) is 25.9 Å². The largest absolute Gasteiger partial charge is 0.465 e. The van der Waals surface area contributed by atoms with E-state index in [0.29, 0.717) is 28.7 Å². The third-order valence-electron chi connectivity index (χ3n) is 4.17. The molecule has 1 amide bonds. The Morgan fingerprint density at radius 3 is 2.63 bits per heavy atom. The van der Waals surface area contributed by atoms with Crippen LogP contribution in [0.4, 0.5) is 34.6 Å². The van der Waals surface area contributed by atoms with Crippen LogP contribution in [0.25, 0.3) is 11.5 Å². The number of amides is 1. The highest BCUT2D eigenvalue weighted by molar-refractivity contribution is 7.09. The summed E-state index contributed by atoms with van der Waals surface area (Å²) in [5.74, 6) is 0.526. The predicted molar refractivity (Wildman–Crippen MR) is 106 cm³/mol. The number of carbonyl (C=O) groups is 1. The molecule has 2 N–H and O–H groups in total. The first-order valence-corrected chi connectivity index (χ1v) is 9.44. The van der Waals surface area contributed by atoms with Crippen molar-refractivity contribution in [2.75, 3.05) is 17.3 Å². The Labute approximate surface area is 173 Å². The molecule has 0 saturated carbocycles. The SMILES string of the molecule is CC(C)c1ccnc(-c2nsc(Nc3ncc(C(F)(F)F)cc3N(C)C(=O)O)n2)c1. The molecular weight excluding hydrogens is 421 g/mol. The summed E-state index contributed by atoms with van der Waals surface area (Å²) in [6.45, 7) is 4.08. The molecule has 0 aliphatic heterocycles. The van der Waals surface area contributed by atoms with Crippen LogP contribution in [0.15, 0.2) is 30.6 Å². The van der Waals surface area contributed by atoms with Crippen molar-refractivity contribution in [1.82, 2.24) is 19.3 Å². The Bertz CT molecular complexity index is 1070. The first-order valence-electron chi connectivity index (χ1n) is 8.67. The highest BCUT2D eigenvalue weighted by atomic mass is 32.1. The Balaban J connectivity index is 1.93. The molecule has 0 aromatic carbocycles. The zero-order valence-corrected chi connectivity index (χ0v) is 16.9. The maximum absolute atomic E-state index is 13.0. The number of rotatable bonds is 5. The molecule has 3 heterocycles. The van der Waals surface area contributed by atoms with Gasteiger partial charge in [0.05, 0.1) is 11.3 Å². The van der Waals surface area contributed by atoms with Crippen molar-refractivity contribution in [3.05, 3.63) is 41.7 Å². The van der Waals surface area contributed by atoms with E-state index in [9.17, 15) is 23.1 Å². The lowest BCUT2D eigenvalue weighted by Gasteiger charge is -2.18. The molecule has 3 aromatic rings. The average Bonchev–Trinajstić information content (AvgIpc) is 3.15. The van der Waals surface area contributed by atoms with Crippen LogP contribution in [-0.4, -0.2) is 37.6 Å². The van der Waals surface area contributed by atoms with Gasteiger partial charge in [-0.3, -0.25) is 9.88 Å². The summed E-state index contributed by atoms with van der Waals surface area (Å²) in [6, 6.07) is 4.45. The monoisotopic (exact) mass is 438 g/mol. The Morgan fingerprint density at radius 2 is 2.00 bits per heavy atom. The van der Waals surface area contributed by atoms with E-state index < -0.39 is 17.8 Å². The van der Waals surface area contributed by atoms with Gasteiger partial charge in [-0.05, 0) is 29.7 Å². The first kappa shape index (κ1) is 21.4. The van der Waals surface area contributed by atoms with E-state index in [4.69, 9.17) is 0 Å². The van der Waals surface area contributed by atoms with Crippen LogP contribution >= 0.6 is 11.5 Å². The van der Waals surface area contributed by atoms with Gasteiger partial charge in [0.2, 0.25) is 5.13 Å². The molecular formula is C18H17F3N6O2S. The molecule has 0 unspecified atom stereocenters. The number of halogens is 3. The lowest BCUT2D eigenvalue weighted by atomic mass is 10.0. The van der Waals surface area contributed by atoms with Crippen LogP contribution in [0, 0.1) is 0 Å². The van der Waals surface area contributed by atoms with Crippen molar-refractivity contribution in [2.24, 2.45) is 0 Å². The van der Waals surface area contributed by atoms with E-state index in [1.807, 2.05) is 26.0 Å². The number of hydrogen-bond acceptors (Lipinski definition) is 7. The summed E-state index contributed by atoms with van der Waals surface area (Å²) in [4.78, 5) is 24.2. The highest BCUT2D eigenvalue weighted by Crippen LogP contribution is 2.35. The number of hydrogen-bond donors (Lipinski definition) is 2. The minimum atomic E-state index is -4.66. The number of pyridine rings is 2. The highest BCUT2D eigenvalue weighted by Gasteiger charge is 2.33. The van der Waals surface area contributed by atoms with Gasteiger partial charge in [0.25, 0.3) is 0 Å². The Kier molecular flexibility index (Phi) is 5.87. The summed E-state index contributed by atoms with van der Waals surface area (Å²) in [7, 11) is 1.12. The van der Waals surface area contributed by atoms with E-state index in [1.54, 1.807) is 6.20 Å². The van der Waals surface area contributed by atoms with Crippen LogP contribution in [0.3, 0.4) is 0 Å². The van der Waals surface area contributed by atoms with E-state index in [2.05, 4.69) is 24.6 Å². The van der Waals surface area contributed by atoms with E-state index >= 15 is 0 Å². The quantitative estimate of drug-likeness (QED) is 0.578. The van der Waals surface area contributed by atoms with Crippen LogP contribution in [0.5, 0.6) is 0 Å². The van der Waals surface area contributed by atoms with Crippen molar-refractivity contribution in [3.8, 4) is 11.5 Å². The van der Waals surface area contributed by atoms with Gasteiger partial charge in [0.1, 0.15) is 5.69 Å². The van der Waals surface area contributed by atoms with Gasteiger partial charge in [0, 0.05) is 31.0 Å². The van der Waals surface area contributed by atoms with Crippen LogP contribution in [0.2, 0.25) is 0 Å². The third-order valence-corrected chi connectivity index (χ3v) is 4.80. The number of nitrogens with one attached hydrogen (secondary N) is 1. The number of nitrogens with zero attached hydrogens (tertiary/aromatic N) is 5. The maximum Gasteiger partial charge on any atom is 0.417 e. The second-order valence-electron chi connectivity index (χ2n) is 6.61. The molecule has 3 rings (SSSR count). The fourth-order valence-electron chi connectivity index (χ4n) is 2.47. The molecule has 0 aliphatic carbocycles. The van der Waals surface area contributed by atoms with Gasteiger partial charge < -0.3 is 10.4 Å². The van der Waals surface area contributed by atoms with E-state index in [1.165, 1.54) is 0 Å². The molecule has 0 spiro atoms. The predicted octanol–water partition coefficient (Wildman–Crippen LogP) is 5.00. The maximum atomic E-state index is 13.0. The minimum Gasteiger partial charge on any atom is -0.465 e. The molecule has 8 nitrogen and oxygen atoms in total. The van der Waals surface area contributed by atoms with Gasteiger partial charge in [-0.1, -0.05) is 13.8 Å². The standard InChI is InChI=1S/C18H17F3N6O2S/c1-9(2)10-4-5-22-12(6-10)14-24-16(30-26-14)25-15-13(27(3)17(28)29)7-11(8-23-15)18(19,20)21/h4-9H,1-3H3,(H,28,29)(H,23,24,25,26). The number of alkyl halides is 3. The molecule has 0 radical (unpaired) electrons. The zero-order valence-electron chi connectivity index (χ0n) is 16.1. The third kappa shape index (κ3) is 4.64. The van der Waals surface area contributed by atoms with Gasteiger partial charge in [-0.2, -0.15) is 22.5 Å². The smallest absolute Gasteiger partial charge is 0.417 e. The molecule has 12 heteroatoms. The average molecular weight is 438 g/mol.